The normalized spacial score (nSPS) is 10.9. The molecule has 0 saturated carbocycles. The molecule has 0 nitrogen and oxygen atoms in total. The van der Waals surface area contributed by atoms with Gasteiger partial charge in [0.2, 0.25) is 0 Å². The lowest BCUT2D eigenvalue weighted by Crippen LogP contribution is -1.99. The molecule has 0 saturated heterocycles. The zero-order valence-corrected chi connectivity index (χ0v) is 32.0. The highest BCUT2D eigenvalue weighted by molar-refractivity contribution is 7.99. The van der Waals surface area contributed by atoms with Crippen LogP contribution >= 0.6 is 11.8 Å². The number of thioether (sulfide) groups is 1. The van der Waals surface area contributed by atoms with Gasteiger partial charge in [-0.05, 0) is 76.1 Å². The highest BCUT2D eigenvalue weighted by Gasteiger charge is 2.12. The highest BCUT2D eigenvalue weighted by Crippen LogP contribution is 2.33. The van der Waals surface area contributed by atoms with E-state index in [2.05, 4.69) is 138 Å². The van der Waals surface area contributed by atoms with E-state index >= 15 is 0 Å². The van der Waals surface area contributed by atoms with Crippen molar-refractivity contribution in [2.24, 2.45) is 0 Å². The summed E-state index contributed by atoms with van der Waals surface area (Å²) in [7, 11) is 0. The van der Waals surface area contributed by atoms with Gasteiger partial charge in [-0.2, -0.15) is 0 Å². The number of benzene rings is 3. The van der Waals surface area contributed by atoms with Gasteiger partial charge in [0.25, 0.3) is 0 Å². The quantitative estimate of drug-likeness (QED) is 0.131. The van der Waals surface area contributed by atoms with E-state index in [9.17, 15) is 0 Å². The van der Waals surface area contributed by atoms with Gasteiger partial charge in [0.05, 0.1) is 0 Å². The second kappa shape index (κ2) is 32.1. The molecule has 1 unspecified atom stereocenters. The second-order valence-electron chi connectivity index (χ2n) is 10.6. The first kappa shape index (κ1) is 45.3. The van der Waals surface area contributed by atoms with E-state index in [-0.39, 0.29) is 0 Å². The van der Waals surface area contributed by atoms with Crippen LogP contribution in [0.25, 0.3) is 0 Å². The van der Waals surface area contributed by atoms with Gasteiger partial charge in [-0.3, -0.25) is 0 Å². The molecule has 0 aromatic heterocycles. The lowest BCUT2D eigenvalue weighted by molar-refractivity contribution is 0.799. The standard InChI is InChI=1S/C24H28S.C11H14.C7H10.2C2H6/c1-20(2)12-6-5-11-19-25-24(23-15-7-4-8-16-23)18-17-22-14-10-9-13-21(22)3;1-9(2)8-11-6-4-10(3)5-7-11;1-3-5-7-6-4-2;2*1-2/h4-16,24H,1,17-19H2,2-3H3;4-7H,1,8H2,2-3H3;3-7H,1H2,2H3;2*1-2H3/b11-5-,12-6-;;6-4-,7-5-;;. The van der Waals surface area contributed by atoms with Crippen molar-refractivity contribution < 1.29 is 0 Å². The molecule has 3 aromatic rings. The Morgan fingerprint density at radius 1 is 0.745 bits per heavy atom. The monoisotopic (exact) mass is 648 g/mol. The molecule has 0 fully saturated rings. The Balaban J connectivity index is 0. The number of hydrogen-bond donors (Lipinski definition) is 0. The van der Waals surface area contributed by atoms with Crippen LogP contribution in [0.4, 0.5) is 0 Å². The third-order valence-corrected chi connectivity index (χ3v) is 7.60. The minimum atomic E-state index is 0.524. The molecule has 3 rings (SSSR count). The summed E-state index contributed by atoms with van der Waals surface area (Å²) in [5.74, 6) is 1.02. The van der Waals surface area contributed by atoms with Crippen molar-refractivity contribution in [3.63, 3.8) is 0 Å². The van der Waals surface area contributed by atoms with Crippen LogP contribution in [-0.4, -0.2) is 5.75 Å². The molecule has 0 spiro atoms. The molecule has 254 valence electrons. The largest absolute Gasteiger partial charge is 0.150 e. The van der Waals surface area contributed by atoms with Crippen molar-refractivity contribution in [3.8, 4) is 0 Å². The van der Waals surface area contributed by atoms with Gasteiger partial charge < -0.3 is 0 Å². The number of hydrogen-bond acceptors (Lipinski definition) is 1. The lowest BCUT2D eigenvalue weighted by Gasteiger charge is -2.17. The Morgan fingerprint density at radius 2 is 1.36 bits per heavy atom. The molecular weight excluding hydrogens is 585 g/mol. The van der Waals surface area contributed by atoms with E-state index in [1.165, 1.54) is 33.4 Å². The van der Waals surface area contributed by atoms with Crippen LogP contribution < -0.4 is 0 Å². The maximum Gasteiger partial charge on any atom is 0.0303 e. The fraction of sp³-hybridized carbons (Fsp3) is 0.304. The first-order valence-electron chi connectivity index (χ1n) is 17.1. The third kappa shape index (κ3) is 26.0. The Labute approximate surface area is 295 Å². The summed E-state index contributed by atoms with van der Waals surface area (Å²) in [6.07, 6.45) is 21.2. The van der Waals surface area contributed by atoms with Crippen LogP contribution in [0.3, 0.4) is 0 Å². The number of rotatable bonds is 13. The molecule has 0 aliphatic carbocycles. The fourth-order valence-electron chi connectivity index (χ4n) is 4.02. The van der Waals surface area contributed by atoms with Gasteiger partial charge in [-0.1, -0.05) is 198 Å². The molecule has 0 amide bonds. The topological polar surface area (TPSA) is 0 Å². The first-order valence-corrected chi connectivity index (χ1v) is 18.1. The summed E-state index contributed by atoms with van der Waals surface area (Å²) in [5.41, 5.74) is 9.24. The van der Waals surface area contributed by atoms with E-state index in [4.69, 9.17) is 0 Å². The predicted molar refractivity (Wildman–Crippen MR) is 221 cm³/mol. The minimum absolute atomic E-state index is 0.524. The summed E-state index contributed by atoms with van der Waals surface area (Å²) in [6, 6.07) is 28.2. The van der Waals surface area contributed by atoms with Gasteiger partial charge in [0.1, 0.15) is 0 Å². The van der Waals surface area contributed by atoms with E-state index in [0.29, 0.717) is 5.25 Å². The molecule has 0 radical (unpaired) electrons. The number of allylic oxidation sites excluding steroid dienone is 10. The summed E-state index contributed by atoms with van der Waals surface area (Å²) < 4.78 is 0. The van der Waals surface area contributed by atoms with Crippen LogP contribution in [0.2, 0.25) is 0 Å². The minimum Gasteiger partial charge on any atom is -0.150 e. The maximum absolute atomic E-state index is 3.88. The van der Waals surface area contributed by atoms with Gasteiger partial charge in [-0.25, -0.2) is 0 Å². The van der Waals surface area contributed by atoms with Crippen LogP contribution in [0.1, 0.15) is 88.0 Å². The van der Waals surface area contributed by atoms with Crippen LogP contribution in [0.5, 0.6) is 0 Å². The molecule has 0 heterocycles. The second-order valence-corrected chi connectivity index (χ2v) is 11.8. The van der Waals surface area contributed by atoms with Crippen molar-refractivity contribution in [2.75, 3.05) is 5.75 Å². The molecule has 3 aromatic carbocycles. The number of aryl methyl sites for hydroxylation is 3. The van der Waals surface area contributed by atoms with Crippen molar-refractivity contribution in [3.05, 3.63) is 192 Å². The molecule has 0 aliphatic rings. The van der Waals surface area contributed by atoms with E-state index in [1.807, 2.05) is 83.7 Å². The third-order valence-electron chi connectivity index (χ3n) is 6.31. The molecule has 0 aliphatic heterocycles. The van der Waals surface area contributed by atoms with Gasteiger partial charge in [-0.15, -0.1) is 11.8 Å². The Hall–Kier alpha value is -3.81. The summed E-state index contributed by atoms with van der Waals surface area (Å²) in [4.78, 5) is 0. The van der Waals surface area contributed by atoms with E-state index < -0.39 is 0 Å². The zero-order valence-electron chi connectivity index (χ0n) is 31.1. The first-order chi connectivity index (χ1) is 22.8. The van der Waals surface area contributed by atoms with Crippen molar-refractivity contribution in [2.45, 2.75) is 86.8 Å². The predicted octanol–water partition coefficient (Wildman–Crippen LogP) is 14.6. The molecule has 0 bridgehead atoms. The van der Waals surface area contributed by atoms with Gasteiger partial charge >= 0.3 is 0 Å². The smallest absolute Gasteiger partial charge is 0.0303 e. The Kier molecular flexibility index (Phi) is 31.0. The van der Waals surface area contributed by atoms with Crippen LogP contribution in [0.15, 0.2) is 164 Å². The molecule has 1 heteroatoms. The summed E-state index contributed by atoms with van der Waals surface area (Å²) in [5, 5.41) is 0.524. The average molecular weight is 649 g/mol. The van der Waals surface area contributed by atoms with Crippen molar-refractivity contribution in [1.29, 1.82) is 0 Å². The van der Waals surface area contributed by atoms with Gasteiger partial charge in [0, 0.05) is 11.0 Å². The van der Waals surface area contributed by atoms with Crippen molar-refractivity contribution in [1.82, 2.24) is 0 Å². The van der Waals surface area contributed by atoms with Gasteiger partial charge in [0.15, 0.2) is 0 Å². The van der Waals surface area contributed by atoms with Crippen molar-refractivity contribution >= 4 is 11.8 Å². The van der Waals surface area contributed by atoms with E-state index in [1.54, 1.807) is 6.08 Å². The van der Waals surface area contributed by atoms with E-state index in [0.717, 1.165) is 30.6 Å². The average Bonchev–Trinajstić information content (AvgIpc) is 3.08. The summed E-state index contributed by atoms with van der Waals surface area (Å²) in [6.45, 7) is 29.6. The van der Waals surface area contributed by atoms with Crippen LogP contribution in [-0.2, 0) is 12.8 Å². The Bertz CT molecular complexity index is 1320. The highest BCUT2D eigenvalue weighted by atomic mass is 32.2. The molecule has 1 atom stereocenters. The molecule has 47 heavy (non-hydrogen) atoms. The Morgan fingerprint density at radius 3 is 1.91 bits per heavy atom. The fourth-order valence-corrected chi connectivity index (χ4v) is 5.11. The van der Waals surface area contributed by atoms with Crippen LogP contribution in [0, 0.1) is 13.8 Å². The molecular formula is C46H64S. The summed E-state index contributed by atoms with van der Waals surface area (Å²) >= 11 is 2.02. The maximum atomic E-state index is 3.88. The zero-order chi connectivity index (χ0) is 35.7. The lowest BCUT2D eigenvalue weighted by atomic mass is 10.0. The molecule has 0 N–H and O–H groups in total. The SMILES string of the molecule is C=C(C)/C=C\C=C/CSC(CCc1ccccc1C)c1ccccc1.C=C(C)Cc1ccc(C)cc1.C=C/C=C\C=C/C.CC.CC.